The van der Waals surface area contributed by atoms with Crippen LogP contribution in [0.4, 0.5) is 0 Å². The van der Waals surface area contributed by atoms with Crippen LogP contribution in [0.3, 0.4) is 0 Å². The number of rotatable bonds is 6. The second-order valence-corrected chi connectivity index (χ2v) is 6.75. The fourth-order valence-corrected chi connectivity index (χ4v) is 3.22. The third-order valence-corrected chi connectivity index (χ3v) is 4.53. The molecular formula is C19H26N4O2. The maximum Gasteiger partial charge on any atom is 0.241 e. The number of nitrogens with zero attached hydrogens (tertiary/aromatic N) is 3. The van der Waals surface area contributed by atoms with Crippen molar-refractivity contribution in [2.75, 3.05) is 19.6 Å². The molecule has 0 saturated carbocycles. The summed E-state index contributed by atoms with van der Waals surface area (Å²) < 4.78 is 5.42. The van der Waals surface area contributed by atoms with E-state index in [4.69, 9.17) is 4.52 Å². The number of nitrogens with one attached hydrogen (secondary N) is 1. The average molecular weight is 342 g/mol. The molecule has 0 spiro atoms. The van der Waals surface area contributed by atoms with Crippen molar-refractivity contribution in [1.29, 1.82) is 0 Å². The number of piperidine rings is 1. The van der Waals surface area contributed by atoms with Crippen LogP contribution in [0.5, 0.6) is 0 Å². The standard InChI is InChI=1S/C19H26N4O2/c1-3-9-20-19(24)16-8-5-10-23(12-16)13-17-21-18(22-25-17)15-7-4-6-14(2)11-15/h4,6-7,11,16H,3,5,8-10,12-13H2,1-2H3,(H,20,24). The van der Waals surface area contributed by atoms with Crippen molar-refractivity contribution in [3.05, 3.63) is 35.7 Å². The first kappa shape index (κ1) is 17.6. The number of aromatic nitrogens is 2. The lowest BCUT2D eigenvalue weighted by molar-refractivity contribution is -0.126. The normalized spacial score (nSPS) is 18.2. The maximum atomic E-state index is 12.2. The van der Waals surface area contributed by atoms with Crippen LogP contribution in [-0.4, -0.2) is 40.6 Å². The minimum Gasteiger partial charge on any atom is -0.356 e. The first-order valence-electron chi connectivity index (χ1n) is 9.05. The zero-order valence-electron chi connectivity index (χ0n) is 15.0. The summed E-state index contributed by atoms with van der Waals surface area (Å²) in [5.41, 5.74) is 2.13. The summed E-state index contributed by atoms with van der Waals surface area (Å²) in [5.74, 6) is 1.44. The minimum atomic E-state index is 0.0551. The van der Waals surface area contributed by atoms with E-state index < -0.39 is 0 Å². The van der Waals surface area contributed by atoms with E-state index in [2.05, 4.69) is 27.3 Å². The number of hydrogen-bond donors (Lipinski definition) is 1. The topological polar surface area (TPSA) is 71.3 Å². The van der Waals surface area contributed by atoms with E-state index in [9.17, 15) is 4.79 Å². The first-order valence-corrected chi connectivity index (χ1v) is 9.05. The van der Waals surface area contributed by atoms with E-state index in [-0.39, 0.29) is 11.8 Å². The molecule has 1 atom stereocenters. The van der Waals surface area contributed by atoms with Crippen LogP contribution >= 0.6 is 0 Å². The Bertz CT molecular complexity index is 713. The quantitative estimate of drug-likeness (QED) is 0.874. The van der Waals surface area contributed by atoms with Gasteiger partial charge in [-0.1, -0.05) is 35.8 Å². The van der Waals surface area contributed by atoms with Gasteiger partial charge in [0.25, 0.3) is 0 Å². The summed E-state index contributed by atoms with van der Waals surface area (Å²) in [7, 11) is 0. The van der Waals surface area contributed by atoms with Crippen molar-refractivity contribution in [3.8, 4) is 11.4 Å². The lowest BCUT2D eigenvalue weighted by Crippen LogP contribution is -2.42. The molecule has 2 aromatic rings. The van der Waals surface area contributed by atoms with Gasteiger partial charge in [-0.05, 0) is 38.8 Å². The number of likely N-dealkylation sites (tertiary alicyclic amines) is 1. The zero-order chi connectivity index (χ0) is 17.6. The molecule has 1 aliphatic rings. The van der Waals surface area contributed by atoms with Gasteiger partial charge in [-0.2, -0.15) is 4.98 Å². The van der Waals surface area contributed by atoms with Crippen molar-refractivity contribution in [1.82, 2.24) is 20.4 Å². The Morgan fingerprint density at radius 3 is 3.12 bits per heavy atom. The van der Waals surface area contributed by atoms with Crippen molar-refractivity contribution < 1.29 is 9.32 Å². The largest absolute Gasteiger partial charge is 0.356 e. The Morgan fingerprint density at radius 2 is 2.32 bits per heavy atom. The maximum absolute atomic E-state index is 12.2. The summed E-state index contributed by atoms with van der Waals surface area (Å²) in [6, 6.07) is 8.06. The lowest BCUT2D eigenvalue weighted by atomic mass is 9.97. The van der Waals surface area contributed by atoms with E-state index in [1.165, 1.54) is 5.56 Å². The summed E-state index contributed by atoms with van der Waals surface area (Å²) in [6.07, 6.45) is 2.93. The summed E-state index contributed by atoms with van der Waals surface area (Å²) in [6.45, 7) is 7.16. The third-order valence-electron chi connectivity index (χ3n) is 4.53. The Kier molecular flexibility index (Phi) is 5.81. The molecule has 1 amide bonds. The van der Waals surface area contributed by atoms with Gasteiger partial charge < -0.3 is 9.84 Å². The number of benzene rings is 1. The predicted molar refractivity (Wildman–Crippen MR) is 95.8 cm³/mol. The Morgan fingerprint density at radius 1 is 1.44 bits per heavy atom. The van der Waals surface area contributed by atoms with Crippen LogP contribution in [0.1, 0.15) is 37.6 Å². The third kappa shape index (κ3) is 4.66. The highest BCUT2D eigenvalue weighted by Gasteiger charge is 2.26. The molecule has 134 valence electrons. The van der Waals surface area contributed by atoms with Gasteiger partial charge in [0, 0.05) is 18.7 Å². The SMILES string of the molecule is CCCNC(=O)C1CCCN(Cc2nc(-c3cccc(C)c3)no2)C1. The van der Waals surface area contributed by atoms with Crippen LogP contribution in [-0.2, 0) is 11.3 Å². The molecule has 1 aliphatic heterocycles. The molecule has 1 unspecified atom stereocenters. The highest BCUT2D eigenvalue weighted by atomic mass is 16.5. The van der Waals surface area contributed by atoms with E-state index in [0.717, 1.165) is 44.5 Å². The molecule has 1 fully saturated rings. The molecule has 1 aromatic carbocycles. The second-order valence-electron chi connectivity index (χ2n) is 6.75. The van der Waals surface area contributed by atoms with Gasteiger partial charge in [0.2, 0.25) is 17.6 Å². The highest BCUT2D eigenvalue weighted by Crippen LogP contribution is 2.21. The molecule has 1 aromatic heterocycles. The number of hydrogen-bond acceptors (Lipinski definition) is 5. The zero-order valence-corrected chi connectivity index (χ0v) is 15.0. The Hall–Kier alpha value is -2.21. The van der Waals surface area contributed by atoms with Gasteiger partial charge in [0.1, 0.15) is 0 Å². The van der Waals surface area contributed by atoms with Crippen molar-refractivity contribution >= 4 is 5.91 Å². The molecule has 6 nitrogen and oxygen atoms in total. The Labute approximate surface area is 148 Å². The average Bonchev–Trinajstić information content (AvgIpc) is 3.08. The van der Waals surface area contributed by atoms with Crippen LogP contribution < -0.4 is 5.32 Å². The second kappa shape index (κ2) is 8.25. The summed E-state index contributed by atoms with van der Waals surface area (Å²) in [4.78, 5) is 18.9. The molecule has 6 heteroatoms. The molecule has 3 rings (SSSR count). The van der Waals surface area contributed by atoms with Gasteiger partial charge in [-0.15, -0.1) is 0 Å². The van der Waals surface area contributed by atoms with Crippen LogP contribution in [0, 0.1) is 12.8 Å². The molecule has 0 aliphatic carbocycles. The van der Waals surface area contributed by atoms with Crippen LogP contribution in [0.15, 0.2) is 28.8 Å². The summed E-state index contributed by atoms with van der Waals surface area (Å²) in [5, 5.41) is 7.10. The smallest absolute Gasteiger partial charge is 0.241 e. The van der Waals surface area contributed by atoms with E-state index in [1.807, 2.05) is 31.2 Å². The number of carbonyl (C=O) groups excluding carboxylic acids is 1. The van der Waals surface area contributed by atoms with Crippen molar-refractivity contribution in [3.63, 3.8) is 0 Å². The minimum absolute atomic E-state index is 0.0551. The predicted octanol–water partition coefficient (Wildman–Crippen LogP) is 2.78. The molecular weight excluding hydrogens is 316 g/mol. The molecule has 0 radical (unpaired) electrons. The van der Waals surface area contributed by atoms with Gasteiger partial charge in [0.15, 0.2) is 0 Å². The van der Waals surface area contributed by atoms with Crippen molar-refractivity contribution in [2.45, 2.75) is 39.7 Å². The van der Waals surface area contributed by atoms with Crippen LogP contribution in [0.25, 0.3) is 11.4 Å². The van der Waals surface area contributed by atoms with E-state index in [1.54, 1.807) is 0 Å². The van der Waals surface area contributed by atoms with Crippen molar-refractivity contribution in [2.24, 2.45) is 5.92 Å². The fraction of sp³-hybridized carbons (Fsp3) is 0.526. The van der Waals surface area contributed by atoms with E-state index >= 15 is 0 Å². The molecule has 1 saturated heterocycles. The highest BCUT2D eigenvalue weighted by molar-refractivity contribution is 5.78. The lowest BCUT2D eigenvalue weighted by Gasteiger charge is -2.30. The van der Waals surface area contributed by atoms with Gasteiger partial charge in [-0.3, -0.25) is 9.69 Å². The van der Waals surface area contributed by atoms with Gasteiger partial charge in [0.05, 0.1) is 12.5 Å². The number of carbonyl (C=O) groups is 1. The first-order chi connectivity index (χ1) is 12.2. The monoisotopic (exact) mass is 342 g/mol. The summed E-state index contributed by atoms with van der Waals surface area (Å²) >= 11 is 0. The Balaban J connectivity index is 1.60. The van der Waals surface area contributed by atoms with E-state index in [0.29, 0.717) is 18.3 Å². The molecule has 2 heterocycles. The van der Waals surface area contributed by atoms with Gasteiger partial charge in [-0.25, -0.2) is 0 Å². The number of aryl methyl sites for hydroxylation is 1. The van der Waals surface area contributed by atoms with Crippen LogP contribution in [0.2, 0.25) is 0 Å². The van der Waals surface area contributed by atoms with Gasteiger partial charge >= 0.3 is 0 Å². The fourth-order valence-electron chi connectivity index (χ4n) is 3.22. The molecule has 0 bridgehead atoms. The molecule has 1 N–H and O–H groups in total. The number of amides is 1. The molecule has 25 heavy (non-hydrogen) atoms.